The summed E-state index contributed by atoms with van der Waals surface area (Å²) in [6.45, 7) is 4.89. The maximum atomic E-state index is 12.7. The molecule has 3 rings (SSSR count). The number of halogens is 2. The Kier molecular flexibility index (Phi) is 6.61. The van der Waals surface area contributed by atoms with Gasteiger partial charge in [0.25, 0.3) is 5.91 Å². The maximum absolute atomic E-state index is 12.7. The van der Waals surface area contributed by atoms with Crippen LogP contribution in [0.4, 0.5) is 11.5 Å². The molecule has 0 bridgehead atoms. The molecule has 1 heterocycles. The summed E-state index contributed by atoms with van der Waals surface area (Å²) >= 11 is 12.2. The zero-order valence-electron chi connectivity index (χ0n) is 15.7. The lowest BCUT2D eigenvalue weighted by Crippen LogP contribution is -2.29. The van der Waals surface area contributed by atoms with E-state index in [1.165, 1.54) is 25.7 Å². The van der Waals surface area contributed by atoms with E-state index in [2.05, 4.69) is 29.5 Å². The molecule has 27 heavy (non-hydrogen) atoms. The Morgan fingerprint density at radius 3 is 2.63 bits per heavy atom. The second kappa shape index (κ2) is 8.94. The van der Waals surface area contributed by atoms with Gasteiger partial charge in [-0.05, 0) is 54.5 Å². The first-order valence-corrected chi connectivity index (χ1v) is 10.2. The minimum Gasteiger partial charge on any atom is -0.352 e. The summed E-state index contributed by atoms with van der Waals surface area (Å²) in [5, 5.41) is 7.39. The van der Waals surface area contributed by atoms with E-state index in [4.69, 9.17) is 23.2 Å². The molecule has 4 nitrogen and oxygen atoms in total. The number of nitrogens with zero attached hydrogens (tertiary/aromatic N) is 1. The second-order valence-electron chi connectivity index (χ2n) is 7.42. The monoisotopic (exact) mass is 405 g/mol. The summed E-state index contributed by atoms with van der Waals surface area (Å²) in [7, 11) is 0. The van der Waals surface area contributed by atoms with Crippen molar-refractivity contribution in [3.63, 3.8) is 0 Å². The fourth-order valence-corrected chi connectivity index (χ4v) is 3.94. The number of hydrogen-bond donors (Lipinski definition) is 2. The van der Waals surface area contributed by atoms with Gasteiger partial charge in [-0.3, -0.25) is 4.79 Å². The van der Waals surface area contributed by atoms with Crippen molar-refractivity contribution in [3.8, 4) is 0 Å². The van der Waals surface area contributed by atoms with Crippen molar-refractivity contribution in [2.45, 2.75) is 45.4 Å². The van der Waals surface area contributed by atoms with Crippen LogP contribution in [0.25, 0.3) is 0 Å². The van der Waals surface area contributed by atoms with Crippen molar-refractivity contribution in [1.82, 2.24) is 10.3 Å². The fourth-order valence-electron chi connectivity index (χ4n) is 3.48. The summed E-state index contributed by atoms with van der Waals surface area (Å²) in [5.74, 6) is 1.41. The quantitative estimate of drug-likeness (QED) is 0.603. The molecule has 0 atom stereocenters. The summed E-state index contributed by atoms with van der Waals surface area (Å²) in [5.41, 5.74) is 2.32. The predicted octanol–water partition coefficient (Wildman–Crippen LogP) is 6.18. The van der Waals surface area contributed by atoms with Crippen molar-refractivity contribution in [2.75, 3.05) is 11.9 Å². The highest BCUT2D eigenvalue weighted by Gasteiger charge is 2.19. The zero-order chi connectivity index (χ0) is 19.4. The predicted molar refractivity (Wildman–Crippen MR) is 112 cm³/mol. The first kappa shape index (κ1) is 20.0. The van der Waals surface area contributed by atoms with Crippen LogP contribution >= 0.6 is 23.2 Å². The third kappa shape index (κ3) is 5.14. The van der Waals surface area contributed by atoms with E-state index >= 15 is 0 Å². The summed E-state index contributed by atoms with van der Waals surface area (Å²) in [6.07, 6.45) is 6.60. The largest absolute Gasteiger partial charge is 0.352 e. The number of nitrogens with one attached hydrogen (secondary N) is 2. The van der Waals surface area contributed by atoms with Crippen LogP contribution in [0.5, 0.6) is 0 Å². The van der Waals surface area contributed by atoms with Crippen molar-refractivity contribution < 1.29 is 4.79 Å². The molecule has 2 aromatic rings. The van der Waals surface area contributed by atoms with Crippen LogP contribution in [-0.2, 0) is 0 Å². The first-order chi connectivity index (χ1) is 12.9. The third-order valence-corrected chi connectivity index (χ3v) is 5.57. The molecule has 0 unspecified atom stereocenters. The van der Waals surface area contributed by atoms with Gasteiger partial charge in [0.2, 0.25) is 0 Å². The number of carbonyl (C=O) groups is 1. The number of carbonyl (C=O) groups excluding carboxylic acids is 1. The summed E-state index contributed by atoms with van der Waals surface area (Å²) in [6, 6.07) is 7.17. The molecule has 2 N–H and O–H groups in total. The number of benzene rings is 1. The van der Waals surface area contributed by atoms with Crippen LogP contribution in [0.1, 0.15) is 61.4 Å². The number of pyridine rings is 1. The second-order valence-corrected chi connectivity index (χ2v) is 8.26. The van der Waals surface area contributed by atoms with Gasteiger partial charge >= 0.3 is 0 Å². The smallest absolute Gasteiger partial charge is 0.253 e. The normalized spacial score (nSPS) is 14.6. The van der Waals surface area contributed by atoms with Gasteiger partial charge in [-0.1, -0.05) is 49.9 Å². The molecular formula is C21H25Cl2N3O. The Morgan fingerprint density at radius 1 is 1.22 bits per heavy atom. The van der Waals surface area contributed by atoms with Crippen LogP contribution in [0.2, 0.25) is 10.0 Å². The Morgan fingerprint density at radius 2 is 1.96 bits per heavy atom. The van der Waals surface area contributed by atoms with E-state index in [9.17, 15) is 4.79 Å². The Bertz CT molecular complexity index is 817. The molecule has 0 aliphatic heterocycles. The van der Waals surface area contributed by atoms with Gasteiger partial charge in [-0.2, -0.15) is 0 Å². The molecule has 1 aliphatic rings. The van der Waals surface area contributed by atoms with Gasteiger partial charge in [0, 0.05) is 17.8 Å². The lowest BCUT2D eigenvalue weighted by atomic mass is 9.98. The fraction of sp³-hybridized carbons (Fsp3) is 0.429. The van der Waals surface area contributed by atoms with E-state index in [1.807, 2.05) is 12.1 Å². The highest BCUT2D eigenvalue weighted by atomic mass is 35.5. The van der Waals surface area contributed by atoms with Crippen LogP contribution in [0.15, 0.2) is 30.5 Å². The molecule has 1 aromatic heterocycles. The molecular weight excluding hydrogens is 381 g/mol. The highest BCUT2D eigenvalue weighted by Crippen LogP contribution is 2.29. The molecule has 1 saturated carbocycles. The van der Waals surface area contributed by atoms with Crippen LogP contribution in [0, 0.1) is 5.92 Å². The molecule has 144 valence electrons. The van der Waals surface area contributed by atoms with Crippen LogP contribution in [0.3, 0.4) is 0 Å². The lowest BCUT2D eigenvalue weighted by Gasteiger charge is -2.16. The lowest BCUT2D eigenvalue weighted by molar-refractivity contribution is 0.0945. The maximum Gasteiger partial charge on any atom is 0.253 e. The molecule has 0 spiro atoms. The van der Waals surface area contributed by atoms with E-state index in [0.717, 1.165) is 17.8 Å². The van der Waals surface area contributed by atoms with Crippen molar-refractivity contribution in [2.24, 2.45) is 5.92 Å². The SMILES string of the molecule is CC(C)c1cc(Nc2ccc(Cl)cc2Cl)ncc1C(=O)NCC1CCCC1. The Balaban J connectivity index is 1.76. The van der Waals surface area contributed by atoms with Crippen molar-refractivity contribution in [1.29, 1.82) is 0 Å². The van der Waals surface area contributed by atoms with E-state index in [-0.39, 0.29) is 11.8 Å². The molecule has 1 aromatic carbocycles. The molecule has 1 amide bonds. The number of amides is 1. The topological polar surface area (TPSA) is 54.0 Å². The standard InChI is InChI=1S/C21H25Cl2N3O/c1-13(2)16-10-20(26-19-8-7-15(22)9-18(19)23)24-12-17(16)21(27)25-11-14-5-3-4-6-14/h7-10,12-14H,3-6,11H2,1-2H3,(H,24,26)(H,25,27). The van der Waals surface area contributed by atoms with E-state index in [1.54, 1.807) is 18.3 Å². The average molecular weight is 406 g/mol. The number of anilines is 2. The number of rotatable bonds is 6. The van der Waals surface area contributed by atoms with Crippen LogP contribution in [-0.4, -0.2) is 17.4 Å². The van der Waals surface area contributed by atoms with Gasteiger partial charge in [-0.15, -0.1) is 0 Å². The number of hydrogen-bond acceptors (Lipinski definition) is 3. The van der Waals surface area contributed by atoms with E-state index < -0.39 is 0 Å². The van der Waals surface area contributed by atoms with Crippen LogP contribution < -0.4 is 10.6 Å². The van der Waals surface area contributed by atoms with Crippen molar-refractivity contribution in [3.05, 3.63) is 51.6 Å². The summed E-state index contributed by atoms with van der Waals surface area (Å²) < 4.78 is 0. The molecule has 0 radical (unpaired) electrons. The molecule has 1 aliphatic carbocycles. The molecule has 6 heteroatoms. The minimum atomic E-state index is -0.0471. The minimum absolute atomic E-state index is 0.0471. The molecule has 1 fully saturated rings. The van der Waals surface area contributed by atoms with Crippen molar-refractivity contribution >= 4 is 40.6 Å². The first-order valence-electron chi connectivity index (χ1n) is 9.44. The Labute approximate surface area is 170 Å². The van der Waals surface area contributed by atoms with E-state index in [0.29, 0.717) is 27.3 Å². The van der Waals surface area contributed by atoms with Gasteiger partial charge in [-0.25, -0.2) is 4.98 Å². The van der Waals surface area contributed by atoms with Gasteiger partial charge in [0.15, 0.2) is 0 Å². The average Bonchev–Trinajstić information content (AvgIpc) is 3.15. The van der Waals surface area contributed by atoms with Gasteiger partial charge in [0.05, 0.1) is 16.3 Å². The number of aromatic nitrogens is 1. The zero-order valence-corrected chi connectivity index (χ0v) is 17.2. The Hall–Kier alpha value is -1.78. The third-order valence-electron chi connectivity index (χ3n) is 5.02. The van der Waals surface area contributed by atoms with Gasteiger partial charge < -0.3 is 10.6 Å². The van der Waals surface area contributed by atoms with Gasteiger partial charge in [0.1, 0.15) is 5.82 Å². The molecule has 0 saturated heterocycles. The highest BCUT2D eigenvalue weighted by molar-refractivity contribution is 6.36. The summed E-state index contributed by atoms with van der Waals surface area (Å²) in [4.78, 5) is 17.1.